The van der Waals surface area contributed by atoms with Crippen molar-refractivity contribution < 1.29 is 18.0 Å². The minimum absolute atomic E-state index is 0.362. The van der Waals surface area contributed by atoms with E-state index in [1.165, 1.54) is 6.07 Å². The number of carbonyl (C=O) groups excluding carboxylic acids is 1. The number of halogens is 3. The van der Waals surface area contributed by atoms with E-state index in [-0.39, 0.29) is 0 Å². The van der Waals surface area contributed by atoms with Crippen LogP contribution >= 0.6 is 0 Å². The molecule has 3 rings (SSSR count). The topological polar surface area (TPSA) is 71.8 Å². The van der Waals surface area contributed by atoms with E-state index in [9.17, 15) is 18.0 Å². The van der Waals surface area contributed by atoms with Gasteiger partial charge in [-0.05, 0) is 35.9 Å². The predicted octanol–water partition coefficient (Wildman–Crippen LogP) is 3.86. The van der Waals surface area contributed by atoms with Crippen LogP contribution in [-0.4, -0.2) is 16.1 Å². The van der Waals surface area contributed by atoms with E-state index in [2.05, 4.69) is 10.2 Å². The van der Waals surface area contributed by atoms with E-state index < -0.39 is 17.6 Å². The number of nitrogens with zero attached hydrogens (tertiary/aromatic N) is 1. The van der Waals surface area contributed by atoms with Crippen molar-refractivity contribution in [1.82, 2.24) is 10.2 Å². The molecular weight excluding hydrogens is 319 g/mol. The van der Waals surface area contributed by atoms with Gasteiger partial charge in [0.05, 0.1) is 17.0 Å². The summed E-state index contributed by atoms with van der Waals surface area (Å²) in [6, 6.07) is 13.1. The molecule has 2 aromatic carbocycles. The summed E-state index contributed by atoms with van der Waals surface area (Å²) >= 11 is 0. The van der Waals surface area contributed by atoms with Crippen molar-refractivity contribution in [2.24, 2.45) is 5.73 Å². The zero-order chi connectivity index (χ0) is 17.3. The number of nitrogens with two attached hydrogens (primary N) is 1. The standard InChI is InChI=1S/C17H12F3N3O/c18-17(19,20)13-3-1-2-12(8-13)15-9-14(22-23-15)10-4-6-11(7-5-10)16(21)24/h1-9H,(H2,21,24)(H,22,23). The highest BCUT2D eigenvalue weighted by atomic mass is 19.4. The third-order valence-corrected chi connectivity index (χ3v) is 3.54. The Morgan fingerprint density at radius 1 is 1.00 bits per heavy atom. The quantitative estimate of drug-likeness (QED) is 0.765. The molecule has 122 valence electrons. The molecule has 4 nitrogen and oxygen atoms in total. The molecule has 0 fully saturated rings. The second kappa shape index (κ2) is 5.84. The van der Waals surface area contributed by atoms with E-state index in [0.29, 0.717) is 22.5 Å². The number of rotatable bonds is 3. The Balaban J connectivity index is 1.92. The molecular formula is C17H12F3N3O. The van der Waals surface area contributed by atoms with Crippen LogP contribution in [0.2, 0.25) is 0 Å². The normalized spacial score (nSPS) is 11.5. The Kier molecular flexibility index (Phi) is 3.84. The highest BCUT2D eigenvalue weighted by Gasteiger charge is 2.30. The molecule has 0 unspecified atom stereocenters. The van der Waals surface area contributed by atoms with Crippen molar-refractivity contribution in [3.63, 3.8) is 0 Å². The van der Waals surface area contributed by atoms with Gasteiger partial charge in [0.2, 0.25) is 5.91 Å². The summed E-state index contributed by atoms with van der Waals surface area (Å²) in [5, 5.41) is 6.84. The zero-order valence-corrected chi connectivity index (χ0v) is 12.3. The van der Waals surface area contributed by atoms with Gasteiger partial charge in [-0.1, -0.05) is 24.3 Å². The number of hydrogen-bond acceptors (Lipinski definition) is 2. The number of carbonyl (C=O) groups is 1. The SMILES string of the molecule is NC(=O)c1ccc(-c2cc(-c3cccc(C(F)(F)F)c3)n[nH]2)cc1. The van der Waals surface area contributed by atoms with Gasteiger partial charge in [-0.15, -0.1) is 0 Å². The van der Waals surface area contributed by atoms with Gasteiger partial charge >= 0.3 is 6.18 Å². The molecule has 0 saturated carbocycles. The number of hydrogen-bond donors (Lipinski definition) is 2. The Morgan fingerprint density at radius 3 is 2.33 bits per heavy atom. The van der Waals surface area contributed by atoms with Crippen molar-refractivity contribution >= 4 is 5.91 Å². The van der Waals surface area contributed by atoms with E-state index in [0.717, 1.165) is 17.7 Å². The summed E-state index contributed by atoms with van der Waals surface area (Å²) in [6.45, 7) is 0. The molecule has 1 amide bonds. The van der Waals surface area contributed by atoms with Crippen LogP contribution in [0, 0.1) is 0 Å². The van der Waals surface area contributed by atoms with E-state index in [4.69, 9.17) is 5.73 Å². The zero-order valence-electron chi connectivity index (χ0n) is 12.3. The molecule has 1 aromatic heterocycles. The van der Waals surface area contributed by atoms with Crippen molar-refractivity contribution in [3.05, 3.63) is 65.7 Å². The smallest absolute Gasteiger partial charge is 0.366 e. The van der Waals surface area contributed by atoms with E-state index in [1.54, 1.807) is 36.4 Å². The monoisotopic (exact) mass is 331 g/mol. The second-order valence-corrected chi connectivity index (χ2v) is 5.19. The van der Waals surface area contributed by atoms with E-state index >= 15 is 0 Å². The minimum Gasteiger partial charge on any atom is -0.366 e. The van der Waals surface area contributed by atoms with Gasteiger partial charge in [0.25, 0.3) is 0 Å². The summed E-state index contributed by atoms with van der Waals surface area (Å²) in [5.74, 6) is -0.532. The third-order valence-electron chi connectivity index (χ3n) is 3.54. The maximum Gasteiger partial charge on any atom is 0.416 e. The van der Waals surface area contributed by atoms with Crippen LogP contribution in [0.5, 0.6) is 0 Å². The molecule has 0 aliphatic rings. The Morgan fingerprint density at radius 2 is 1.71 bits per heavy atom. The van der Waals surface area contributed by atoms with Gasteiger partial charge in [-0.2, -0.15) is 18.3 Å². The average Bonchev–Trinajstić information content (AvgIpc) is 3.04. The number of aromatic amines is 1. The molecule has 24 heavy (non-hydrogen) atoms. The number of alkyl halides is 3. The van der Waals surface area contributed by atoms with Crippen LogP contribution < -0.4 is 5.73 Å². The number of benzene rings is 2. The molecule has 0 bridgehead atoms. The van der Waals surface area contributed by atoms with Crippen LogP contribution in [-0.2, 0) is 6.18 Å². The summed E-state index contributed by atoms with van der Waals surface area (Å²) in [6.07, 6.45) is -4.40. The first kappa shape index (κ1) is 15.8. The summed E-state index contributed by atoms with van der Waals surface area (Å²) in [5.41, 5.74) is 6.95. The second-order valence-electron chi connectivity index (χ2n) is 5.19. The lowest BCUT2D eigenvalue weighted by Crippen LogP contribution is -2.10. The lowest BCUT2D eigenvalue weighted by Gasteiger charge is -2.07. The Bertz CT molecular complexity index is 883. The molecule has 0 aliphatic heterocycles. The summed E-state index contributed by atoms with van der Waals surface area (Å²) in [4.78, 5) is 11.1. The van der Waals surface area contributed by atoms with Crippen molar-refractivity contribution in [2.45, 2.75) is 6.18 Å². The number of amides is 1. The first-order valence-corrected chi connectivity index (χ1v) is 6.98. The van der Waals surface area contributed by atoms with Crippen LogP contribution in [0.4, 0.5) is 13.2 Å². The molecule has 3 aromatic rings. The van der Waals surface area contributed by atoms with Gasteiger partial charge in [0.15, 0.2) is 0 Å². The fourth-order valence-corrected chi connectivity index (χ4v) is 2.29. The van der Waals surface area contributed by atoms with Gasteiger partial charge in [-0.25, -0.2) is 0 Å². The van der Waals surface area contributed by atoms with Crippen LogP contribution in [0.25, 0.3) is 22.5 Å². The van der Waals surface area contributed by atoms with Crippen molar-refractivity contribution in [1.29, 1.82) is 0 Å². The predicted molar refractivity (Wildman–Crippen MR) is 83.0 cm³/mol. The molecule has 0 saturated heterocycles. The number of H-pyrrole nitrogens is 1. The molecule has 0 spiro atoms. The first-order chi connectivity index (χ1) is 11.3. The van der Waals surface area contributed by atoms with Crippen LogP contribution in [0.1, 0.15) is 15.9 Å². The van der Waals surface area contributed by atoms with Gasteiger partial charge in [-0.3, -0.25) is 9.89 Å². The Hall–Kier alpha value is -3.09. The van der Waals surface area contributed by atoms with Crippen molar-refractivity contribution in [2.75, 3.05) is 0 Å². The molecule has 3 N–H and O–H groups in total. The lowest BCUT2D eigenvalue weighted by molar-refractivity contribution is -0.137. The maximum absolute atomic E-state index is 12.8. The lowest BCUT2D eigenvalue weighted by atomic mass is 10.1. The minimum atomic E-state index is -4.40. The molecule has 0 aliphatic carbocycles. The number of primary amides is 1. The summed E-state index contributed by atoms with van der Waals surface area (Å²) in [7, 11) is 0. The van der Waals surface area contributed by atoms with E-state index in [1.807, 2.05) is 0 Å². The highest BCUT2D eigenvalue weighted by molar-refractivity contribution is 5.93. The third kappa shape index (κ3) is 3.15. The fourth-order valence-electron chi connectivity index (χ4n) is 2.29. The highest BCUT2D eigenvalue weighted by Crippen LogP contribution is 2.32. The fraction of sp³-hybridized carbons (Fsp3) is 0.0588. The average molecular weight is 331 g/mol. The summed E-state index contributed by atoms with van der Waals surface area (Å²) < 4.78 is 38.4. The molecule has 0 radical (unpaired) electrons. The Labute approximate surface area is 135 Å². The molecule has 7 heteroatoms. The maximum atomic E-state index is 12.8. The number of nitrogens with one attached hydrogen (secondary N) is 1. The van der Waals surface area contributed by atoms with Crippen molar-refractivity contribution in [3.8, 4) is 22.5 Å². The van der Waals surface area contributed by atoms with Crippen LogP contribution in [0.15, 0.2) is 54.6 Å². The van der Waals surface area contributed by atoms with Gasteiger partial charge in [0.1, 0.15) is 0 Å². The molecule has 1 heterocycles. The molecule has 0 atom stereocenters. The first-order valence-electron chi connectivity index (χ1n) is 6.98. The largest absolute Gasteiger partial charge is 0.416 e. The van der Waals surface area contributed by atoms with Crippen LogP contribution in [0.3, 0.4) is 0 Å². The van der Waals surface area contributed by atoms with Gasteiger partial charge < -0.3 is 5.73 Å². The number of aromatic nitrogens is 2. The van der Waals surface area contributed by atoms with Gasteiger partial charge in [0, 0.05) is 11.1 Å².